The number of hydrogen-bond donors (Lipinski definition) is 2. The molecule has 0 aliphatic heterocycles. The smallest absolute Gasteiger partial charge is 0.244 e. The molecule has 0 unspecified atom stereocenters. The number of aliphatic hydroxyl groups excluding tert-OH is 1. The van der Waals surface area contributed by atoms with Gasteiger partial charge in [-0.2, -0.15) is 0 Å². The van der Waals surface area contributed by atoms with Gasteiger partial charge in [0, 0.05) is 12.5 Å². The summed E-state index contributed by atoms with van der Waals surface area (Å²) in [5.74, 6) is -0.632. The number of thiazole rings is 1. The predicted octanol–water partition coefficient (Wildman–Crippen LogP) is -0.285. The Bertz CT molecular complexity index is 272. The summed E-state index contributed by atoms with van der Waals surface area (Å²) in [4.78, 5) is 24.0. The average Bonchev–Trinajstić information content (AvgIpc) is 2.54. The summed E-state index contributed by atoms with van der Waals surface area (Å²) in [6, 6.07) is 0. The molecule has 0 saturated carbocycles. The van der Waals surface area contributed by atoms with Crippen molar-refractivity contribution in [1.82, 2.24) is 4.98 Å². The molecular weight excluding hydrogens is 180 g/mol. The van der Waals surface area contributed by atoms with Crippen LogP contribution in [-0.4, -0.2) is 29.3 Å². The summed E-state index contributed by atoms with van der Waals surface area (Å²) in [7, 11) is 1.00. The minimum Gasteiger partial charge on any atom is -0.400 e. The third-order valence-electron chi connectivity index (χ3n) is 0.881. The van der Waals surface area contributed by atoms with Gasteiger partial charge in [0.05, 0.1) is 0 Å². The van der Waals surface area contributed by atoms with E-state index in [1.807, 2.05) is 0 Å². The zero-order valence-corrected chi connectivity index (χ0v) is 7.17. The SMILES string of the molecule is CO.Nc1nc(C(=O)C=O)cs1. The maximum atomic E-state index is 10.5. The lowest BCUT2D eigenvalue weighted by Gasteiger charge is -1.79. The lowest BCUT2D eigenvalue weighted by molar-refractivity contribution is -0.104. The number of aldehydes is 1. The minimum atomic E-state index is -0.632. The Labute approximate surface area is 72.8 Å². The number of aliphatic hydroxyl groups is 1. The average molecular weight is 188 g/mol. The number of ketones is 1. The first-order valence-electron chi connectivity index (χ1n) is 2.89. The van der Waals surface area contributed by atoms with Crippen molar-refractivity contribution in [3.8, 4) is 0 Å². The summed E-state index contributed by atoms with van der Waals surface area (Å²) < 4.78 is 0. The molecule has 0 fully saturated rings. The molecule has 1 aromatic rings. The molecule has 0 amide bonds. The number of nitrogens with zero attached hydrogens (tertiary/aromatic N) is 1. The summed E-state index contributed by atoms with van der Waals surface area (Å²) in [5, 5.41) is 8.75. The van der Waals surface area contributed by atoms with E-state index in [4.69, 9.17) is 10.8 Å². The van der Waals surface area contributed by atoms with Crippen LogP contribution in [0.15, 0.2) is 5.38 Å². The molecule has 0 spiro atoms. The normalized spacial score (nSPS) is 8.17. The maximum Gasteiger partial charge on any atom is 0.244 e. The molecule has 3 N–H and O–H groups in total. The van der Waals surface area contributed by atoms with Gasteiger partial charge in [0.1, 0.15) is 5.69 Å². The highest BCUT2D eigenvalue weighted by Gasteiger charge is 2.06. The second kappa shape index (κ2) is 5.39. The molecule has 0 saturated heterocycles. The first-order chi connectivity index (χ1) is 5.74. The molecule has 5 nitrogen and oxygen atoms in total. The fourth-order valence-corrected chi connectivity index (χ4v) is 1.01. The van der Waals surface area contributed by atoms with Crippen molar-refractivity contribution >= 4 is 28.5 Å². The molecule has 0 aliphatic rings. The third kappa shape index (κ3) is 2.77. The molecule has 0 bridgehead atoms. The van der Waals surface area contributed by atoms with Crippen molar-refractivity contribution in [2.24, 2.45) is 0 Å². The zero-order valence-electron chi connectivity index (χ0n) is 6.35. The van der Waals surface area contributed by atoms with Crippen LogP contribution in [0.25, 0.3) is 0 Å². The van der Waals surface area contributed by atoms with Crippen LogP contribution in [-0.2, 0) is 4.79 Å². The van der Waals surface area contributed by atoms with E-state index in [2.05, 4.69) is 4.98 Å². The van der Waals surface area contributed by atoms with Gasteiger partial charge >= 0.3 is 0 Å². The molecule has 12 heavy (non-hydrogen) atoms. The van der Waals surface area contributed by atoms with E-state index < -0.39 is 5.78 Å². The summed E-state index contributed by atoms with van der Waals surface area (Å²) in [5.41, 5.74) is 5.33. The van der Waals surface area contributed by atoms with Crippen molar-refractivity contribution in [2.75, 3.05) is 12.8 Å². The minimum absolute atomic E-state index is 0.123. The largest absolute Gasteiger partial charge is 0.400 e. The number of Topliss-reactive ketones (excluding diaryl/α,β-unsaturated/α-hetero) is 1. The van der Waals surface area contributed by atoms with Gasteiger partial charge in [-0.3, -0.25) is 9.59 Å². The van der Waals surface area contributed by atoms with Gasteiger partial charge in [-0.15, -0.1) is 11.3 Å². The second-order valence-corrected chi connectivity index (χ2v) is 2.44. The second-order valence-electron chi connectivity index (χ2n) is 1.55. The molecule has 1 heterocycles. The van der Waals surface area contributed by atoms with E-state index in [0.29, 0.717) is 5.13 Å². The van der Waals surface area contributed by atoms with Crippen molar-refractivity contribution in [3.63, 3.8) is 0 Å². The zero-order chi connectivity index (χ0) is 9.56. The first kappa shape index (κ1) is 10.7. The van der Waals surface area contributed by atoms with Gasteiger partial charge in [-0.1, -0.05) is 0 Å². The molecule has 1 rings (SSSR count). The predicted molar refractivity (Wildman–Crippen MR) is 45.1 cm³/mol. The number of anilines is 1. The van der Waals surface area contributed by atoms with Crippen LogP contribution in [0.4, 0.5) is 5.13 Å². The fourth-order valence-electron chi connectivity index (χ4n) is 0.461. The quantitative estimate of drug-likeness (QED) is 0.378. The van der Waals surface area contributed by atoms with Gasteiger partial charge in [-0.25, -0.2) is 4.98 Å². The molecule has 1 aromatic heterocycles. The van der Waals surface area contributed by atoms with Crippen molar-refractivity contribution in [2.45, 2.75) is 0 Å². The molecule has 0 aliphatic carbocycles. The Hall–Kier alpha value is -1.27. The van der Waals surface area contributed by atoms with Gasteiger partial charge in [0.25, 0.3) is 0 Å². The Balaban J connectivity index is 0.000000561. The Kier molecular flexibility index (Phi) is 4.82. The summed E-state index contributed by atoms with van der Waals surface area (Å²) in [6.07, 6.45) is 0.217. The maximum absolute atomic E-state index is 10.5. The van der Waals surface area contributed by atoms with Crippen LogP contribution >= 0.6 is 11.3 Å². The number of carbonyl (C=O) groups is 2. The topological polar surface area (TPSA) is 93.3 Å². The lowest BCUT2D eigenvalue weighted by atomic mass is 10.3. The third-order valence-corrected chi connectivity index (χ3v) is 1.56. The van der Waals surface area contributed by atoms with E-state index in [0.717, 1.165) is 18.4 Å². The molecule has 0 atom stereocenters. The van der Waals surface area contributed by atoms with Crippen LogP contribution in [0.2, 0.25) is 0 Å². The highest BCUT2D eigenvalue weighted by molar-refractivity contribution is 7.13. The molecule has 66 valence electrons. The van der Waals surface area contributed by atoms with Crippen molar-refractivity contribution in [1.29, 1.82) is 0 Å². The van der Waals surface area contributed by atoms with Gasteiger partial charge < -0.3 is 10.8 Å². The summed E-state index contributed by atoms with van der Waals surface area (Å²) in [6.45, 7) is 0. The highest BCUT2D eigenvalue weighted by Crippen LogP contribution is 2.10. The van der Waals surface area contributed by atoms with Crippen LogP contribution in [0, 0.1) is 0 Å². The fraction of sp³-hybridized carbons (Fsp3) is 0.167. The molecule has 6 heteroatoms. The Morgan fingerprint density at radius 1 is 1.75 bits per heavy atom. The van der Waals surface area contributed by atoms with Crippen molar-refractivity contribution < 1.29 is 14.7 Å². The number of nitrogens with two attached hydrogens (primary N) is 1. The van der Waals surface area contributed by atoms with E-state index in [1.54, 1.807) is 0 Å². The number of nitrogen functional groups attached to an aromatic ring is 1. The van der Waals surface area contributed by atoms with E-state index >= 15 is 0 Å². The number of carbonyl (C=O) groups excluding carboxylic acids is 2. The van der Waals surface area contributed by atoms with Gasteiger partial charge in [-0.05, 0) is 0 Å². The van der Waals surface area contributed by atoms with Gasteiger partial charge in [0.15, 0.2) is 11.4 Å². The van der Waals surface area contributed by atoms with Crippen LogP contribution in [0.1, 0.15) is 10.5 Å². The van der Waals surface area contributed by atoms with E-state index in [9.17, 15) is 9.59 Å². The van der Waals surface area contributed by atoms with Crippen LogP contribution in [0.5, 0.6) is 0 Å². The standard InChI is InChI=1S/C5H4N2O2S.CH4O/c6-5-7-3(2-10-5)4(9)1-8;1-2/h1-2H,(H2,6,7);2H,1H3. The number of hydrogen-bond acceptors (Lipinski definition) is 6. The van der Waals surface area contributed by atoms with Gasteiger partial charge in [0.2, 0.25) is 5.78 Å². The Morgan fingerprint density at radius 3 is 2.67 bits per heavy atom. The van der Waals surface area contributed by atoms with E-state index in [-0.39, 0.29) is 12.0 Å². The van der Waals surface area contributed by atoms with E-state index in [1.165, 1.54) is 5.38 Å². The Morgan fingerprint density at radius 2 is 2.33 bits per heavy atom. The first-order valence-corrected chi connectivity index (χ1v) is 3.77. The molecule has 0 radical (unpaired) electrons. The van der Waals surface area contributed by atoms with Crippen molar-refractivity contribution in [3.05, 3.63) is 11.1 Å². The molecular formula is C6H8N2O3S. The summed E-state index contributed by atoms with van der Waals surface area (Å²) >= 11 is 1.14. The van der Waals surface area contributed by atoms with Crippen LogP contribution < -0.4 is 5.73 Å². The monoisotopic (exact) mass is 188 g/mol. The van der Waals surface area contributed by atoms with Crippen LogP contribution in [0.3, 0.4) is 0 Å². The number of rotatable bonds is 2. The number of aromatic nitrogens is 1. The highest BCUT2D eigenvalue weighted by atomic mass is 32.1. The lowest BCUT2D eigenvalue weighted by Crippen LogP contribution is -1.99. The molecule has 0 aromatic carbocycles.